The molecule has 0 fully saturated rings. The number of nitro benzene ring substituents is 1. The van der Waals surface area contributed by atoms with Crippen LogP contribution in [0, 0.1) is 21.6 Å². The molecule has 3 nitrogen and oxygen atoms in total. The summed E-state index contributed by atoms with van der Waals surface area (Å²) in [5.41, 5.74) is 7.11. The Morgan fingerprint density at radius 2 is 1.65 bits per heavy atom. The minimum absolute atomic E-state index is 0.134. The summed E-state index contributed by atoms with van der Waals surface area (Å²) in [6.45, 7) is 11.1. The van der Waals surface area contributed by atoms with Crippen molar-refractivity contribution in [3.63, 3.8) is 0 Å². The standard InChI is InChI=1S/C19H27NO2Si/c1-6-8-16(14-15-23(3,4)5)19(9-7-2)17-10-12-18(13-11-17)20(21)22/h10-13H,6-9H2,1-5H3/b19-16-. The van der Waals surface area contributed by atoms with E-state index >= 15 is 0 Å². The molecule has 0 unspecified atom stereocenters. The van der Waals surface area contributed by atoms with E-state index in [2.05, 4.69) is 45.0 Å². The molecule has 0 N–H and O–H groups in total. The van der Waals surface area contributed by atoms with Gasteiger partial charge in [-0.15, -0.1) is 5.54 Å². The smallest absolute Gasteiger partial charge is 0.258 e. The predicted molar refractivity (Wildman–Crippen MR) is 101 cm³/mol. The van der Waals surface area contributed by atoms with Gasteiger partial charge in [-0.2, -0.15) is 0 Å². The number of hydrogen-bond donors (Lipinski definition) is 0. The molecule has 1 aromatic carbocycles. The maximum Gasteiger partial charge on any atom is 0.269 e. The summed E-state index contributed by atoms with van der Waals surface area (Å²) in [6.07, 6.45) is 4.00. The van der Waals surface area contributed by atoms with E-state index in [4.69, 9.17) is 0 Å². The fraction of sp³-hybridized carbons (Fsp3) is 0.474. The normalized spacial score (nSPS) is 12.2. The molecule has 0 atom stereocenters. The van der Waals surface area contributed by atoms with Crippen LogP contribution in [0.3, 0.4) is 0 Å². The summed E-state index contributed by atoms with van der Waals surface area (Å²) < 4.78 is 0. The van der Waals surface area contributed by atoms with Crippen LogP contribution < -0.4 is 0 Å². The van der Waals surface area contributed by atoms with E-state index in [9.17, 15) is 10.1 Å². The number of benzene rings is 1. The molecule has 1 aromatic rings. The molecule has 0 amide bonds. The van der Waals surface area contributed by atoms with Crippen LogP contribution in [0.4, 0.5) is 5.69 Å². The Bertz CT molecular complexity index is 628. The maximum absolute atomic E-state index is 10.8. The zero-order valence-corrected chi connectivity index (χ0v) is 15.9. The summed E-state index contributed by atoms with van der Waals surface area (Å²) >= 11 is 0. The quantitative estimate of drug-likeness (QED) is 0.285. The number of allylic oxidation sites excluding steroid dienone is 2. The lowest BCUT2D eigenvalue weighted by molar-refractivity contribution is -0.384. The second kappa shape index (κ2) is 8.69. The van der Waals surface area contributed by atoms with Crippen molar-refractivity contribution in [2.45, 2.75) is 59.2 Å². The Morgan fingerprint density at radius 3 is 2.09 bits per heavy atom. The first-order chi connectivity index (χ1) is 10.8. The number of non-ortho nitro benzene ring substituents is 1. The SMILES string of the molecule is CCC/C(C#C[Si](C)(C)C)=C(\CCC)c1ccc([N+](=O)[O-])cc1. The second-order valence-corrected chi connectivity index (χ2v) is 11.5. The van der Waals surface area contributed by atoms with Gasteiger partial charge in [-0.25, -0.2) is 0 Å². The highest BCUT2D eigenvalue weighted by molar-refractivity contribution is 6.83. The molecule has 0 aromatic heterocycles. The van der Waals surface area contributed by atoms with E-state index in [0.29, 0.717) is 0 Å². The molecule has 0 radical (unpaired) electrons. The van der Waals surface area contributed by atoms with Crippen molar-refractivity contribution in [1.29, 1.82) is 0 Å². The van der Waals surface area contributed by atoms with E-state index in [1.54, 1.807) is 12.1 Å². The molecule has 0 aliphatic heterocycles. The highest BCUT2D eigenvalue weighted by atomic mass is 28.3. The fourth-order valence-electron chi connectivity index (χ4n) is 2.31. The lowest BCUT2D eigenvalue weighted by atomic mass is 9.93. The molecule has 0 spiro atoms. The third-order valence-electron chi connectivity index (χ3n) is 3.38. The van der Waals surface area contributed by atoms with Crippen LogP contribution >= 0.6 is 0 Å². The van der Waals surface area contributed by atoms with Crippen molar-refractivity contribution in [2.75, 3.05) is 0 Å². The van der Waals surface area contributed by atoms with Crippen molar-refractivity contribution in [1.82, 2.24) is 0 Å². The topological polar surface area (TPSA) is 43.1 Å². The molecular formula is C19H27NO2Si. The highest BCUT2D eigenvalue weighted by Gasteiger charge is 2.12. The van der Waals surface area contributed by atoms with Crippen molar-refractivity contribution in [3.05, 3.63) is 45.5 Å². The van der Waals surface area contributed by atoms with Crippen molar-refractivity contribution >= 4 is 19.3 Å². The van der Waals surface area contributed by atoms with E-state index < -0.39 is 8.07 Å². The average molecular weight is 330 g/mol. The van der Waals surface area contributed by atoms with E-state index in [1.807, 2.05) is 12.1 Å². The number of nitrogens with zero attached hydrogens (tertiary/aromatic N) is 1. The minimum Gasteiger partial charge on any atom is -0.258 e. The number of nitro groups is 1. The van der Waals surface area contributed by atoms with Gasteiger partial charge in [0.25, 0.3) is 5.69 Å². The Kier molecular flexibility index (Phi) is 7.25. The molecule has 0 bridgehead atoms. The molecule has 0 aliphatic carbocycles. The lowest BCUT2D eigenvalue weighted by Gasteiger charge is -2.12. The zero-order chi connectivity index (χ0) is 17.5. The van der Waals surface area contributed by atoms with Gasteiger partial charge < -0.3 is 0 Å². The summed E-state index contributed by atoms with van der Waals surface area (Å²) in [5, 5.41) is 10.8. The van der Waals surface area contributed by atoms with E-state index in [1.165, 1.54) is 11.1 Å². The van der Waals surface area contributed by atoms with Gasteiger partial charge in [0, 0.05) is 17.7 Å². The van der Waals surface area contributed by atoms with Crippen LogP contribution in [0.2, 0.25) is 19.6 Å². The van der Waals surface area contributed by atoms with Gasteiger partial charge >= 0.3 is 0 Å². The molecule has 0 saturated heterocycles. The summed E-state index contributed by atoms with van der Waals surface area (Å²) in [6, 6.07) is 6.88. The van der Waals surface area contributed by atoms with Crippen LogP contribution in [0.25, 0.3) is 5.57 Å². The van der Waals surface area contributed by atoms with Crippen LogP contribution in [-0.4, -0.2) is 13.0 Å². The Morgan fingerprint density at radius 1 is 1.09 bits per heavy atom. The Hall–Kier alpha value is -1.86. The minimum atomic E-state index is -1.43. The molecule has 1 rings (SSSR count). The second-order valence-electron chi connectivity index (χ2n) is 6.76. The first kappa shape index (κ1) is 19.2. The van der Waals surface area contributed by atoms with Gasteiger partial charge in [-0.3, -0.25) is 10.1 Å². The van der Waals surface area contributed by atoms with Gasteiger partial charge in [-0.1, -0.05) is 52.3 Å². The monoisotopic (exact) mass is 329 g/mol. The Balaban J connectivity index is 3.35. The van der Waals surface area contributed by atoms with Gasteiger partial charge in [0.05, 0.1) is 4.92 Å². The predicted octanol–water partition coefficient (Wildman–Crippen LogP) is 5.83. The Labute approximate surface area is 141 Å². The molecule has 0 aliphatic rings. The van der Waals surface area contributed by atoms with Crippen molar-refractivity contribution in [3.8, 4) is 11.5 Å². The summed E-state index contributed by atoms with van der Waals surface area (Å²) in [7, 11) is -1.43. The van der Waals surface area contributed by atoms with E-state index in [-0.39, 0.29) is 10.6 Å². The fourth-order valence-corrected chi connectivity index (χ4v) is 2.83. The molecule has 23 heavy (non-hydrogen) atoms. The highest BCUT2D eigenvalue weighted by Crippen LogP contribution is 2.28. The van der Waals surface area contributed by atoms with Gasteiger partial charge in [0.1, 0.15) is 8.07 Å². The molecule has 124 valence electrons. The van der Waals surface area contributed by atoms with Gasteiger partial charge in [0.15, 0.2) is 0 Å². The van der Waals surface area contributed by atoms with Crippen LogP contribution in [-0.2, 0) is 0 Å². The van der Waals surface area contributed by atoms with Crippen LogP contribution in [0.5, 0.6) is 0 Å². The molecule has 0 heterocycles. The van der Waals surface area contributed by atoms with Gasteiger partial charge in [-0.05, 0) is 36.1 Å². The average Bonchev–Trinajstić information content (AvgIpc) is 2.48. The first-order valence-electron chi connectivity index (χ1n) is 8.28. The molecule has 0 saturated carbocycles. The number of rotatable bonds is 6. The summed E-state index contributed by atoms with van der Waals surface area (Å²) in [4.78, 5) is 10.5. The zero-order valence-electron chi connectivity index (χ0n) is 14.9. The largest absolute Gasteiger partial charge is 0.269 e. The van der Waals surface area contributed by atoms with Crippen LogP contribution in [0.15, 0.2) is 29.8 Å². The summed E-state index contributed by atoms with van der Waals surface area (Å²) in [5.74, 6) is 3.44. The van der Waals surface area contributed by atoms with Crippen LogP contribution in [0.1, 0.15) is 45.1 Å². The van der Waals surface area contributed by atoms with Crippen molar-refractivity contribution < 1.29 is 4.92 Å². The lowest BCUT2D eigenvalue weighted by Crippen LogP contribution is -2.16. The van der Waals surface area contributed by atoms with Crippen molar-refractivity contribution in [2.24, 2.45) is 0 Å². The molecule has 4 heteroatoms. The number of hydrogen-bond acceptors (Lipinski definition) is 2. The first-order valence-corrected chi connectivity index (χ1v) is 11.8. The molecular weight excluding hydrogens is 302 g/mol. The third-order valence-corrected chi connectivity index (χ3v) is 4.25. The maximum atomic E-state index is 10.8. The van der Waals surface area contributed by atoms with Gasteiger partial charge in [0.2, 0.25) is 0 Å². The third kappa shape index (κ3) is 6.41. The van der Waals surface area contributed by atoms with E-state index in [0.717, 1.165) is 31.2 Å².